The third kappa shape index (κ3) is 5.07. The van der Waals surface area contributed by atoms with Crippen molar-refractivity contribution in [3.63, 3.8) is 0 Å². The Hall–Kier alpha value is -2.86. The second kappa shape index (κ2) is 8.49. The Morgan fingerprint density at radius 3 is 2.62 bits per heavy atom. The summed E-state index contributed by atoms with van der Waals surface area (Å²) in [4.78, 5) is 4.44. The molecule has 1 aromatic heterocycles. The van der Waals surface area contributed by atoms with Gasteiger partial charge in [0.25, 0.3) is 0 Å². The average Bonchev–Trinajstić information content (AvgIpc) is 2.63. The molecular formula is C19H20ClN5O. The van der Waals surface area contributed by atoms with Crippen LogP contribution >= 0.6 is 11.6 Å². The molecule has 0 radical (unpaired) electrons. The van der Waals surface area contributed by atoms with Crippen molar-refractivity contribution in [2.24, 2.45) is 0 Å². The highest BCUT2D eigenvalue weighted by atomic mass is 35.5. The lowest BCUT2D eigenvalue weighted by Gasteiger charge is -2.15. The van der Waals surface area contributed by atoms with Crippen LogP contribution in [-0.2, 0) is 6.54 Å². The van der Waals surface area contributed by atoms with Crippen LogP contribution in [0.4, 0.5) is 17.5 Å². The Balaban J connectivity index is 1.69. The van der Waals surface area contributed by atoms with E-state index in [0.717, 1.165) is 17.0 Å². The van der Waals surface area contributed by atoms with E-state index >= 15 is 0 Å². The molecule has 2 aromatic carbocycles. The summed E-state index contributed by atoms with van der Waals surface area (Å²) in [6.45, 7) is 4.55. The molecule has 0 fully saturated rings. The van der Waals surface area contributed by atoms with Crippen LogP contribution in [0, 0.1) is 0 Å². The highest BCUT2D eigenvalue weighted by Gasteiger charge is 2.07. The lowest BCUT2D eigenvalue weighted by Crippen LogP contribution is -2.09. The molecule has 26 heavy (non-hydrogen) atoms. The van der Waals surface area contributed by atoms with Gasteiger partial charge < -0.3 is 15.4 Å². The number of nitrogens with one attached hydrogen (secondary N) is 2. The first-order valence-electron chi connectivity index (χ1n) is 8.31. The zero-order chi connectivity index (χ0) is 18.4. The summed E-state index contributed by atoms with van der Waals surface area (Å²) in [5.41, 5.74) is 1.90. The number of para-hydroxylation sites is 2. The van der Waals surface area contributed by atoms with Gasteiger partial charge in [-0.3, -0.25) is 0 Å². The van der Waals surface area contributed by atoms with Crippen LogP contribution in [0.15, 0.2) is 54.7 Å². The van der Waals surface area contributed by atoms with Crippen molar-refractivity contribution in [1.82, 2.24) is 15.2 Å². The fraction of sp³-hybridized carbons (Fsp3) is 0.211. The smallest absolute Gasteiger partial charge is 0.244 e. The van der Waals surface area contributed by atoms with E-state index in [1.807, 2.05) is 62.4 Å². The van der Waals surface area contributed by atoms with Crippen molar-refractivity contribution in [2.45, 2.75) is 26.5 Å². The van der Waals surface area contributed by atoms with Gasteiger partial charge in [0.2, 0.25) is 5.95 Å². The standard InChI is InChI=1S/C19H20ClN5O/c1-13(2)26-17-6-4-3-5-16(17)23-18-12-22-25-19(24-18)21-11-14-7-9-15(20)10-8-14/h3-10,12-13H,11H2,1-2H3,(H2,21,23,24,25). The monoisotopic (exact) mass is 369 g/mol. The first kappa shape index (κ1) is 17.9. The molecule has 0 bridgehead atoms. The fourth-order valence-electron chi connectivity index (χ4n) is 2.29. The molecule has 0 aliphatic carbocycles. The summed E-state index contributed by atoms with van der Waals surface area (Å²) < 4.78 is 5.81. The SMILES string of the molecule is CC(C)Oc1ccccc1Nc1cnnc(NCc2ccc(Cl)cc2)n1. The number of rotatable bonds is 7. The molecule has 3 rings (SSSR count). The Labute approximate surface area is 157 Å². The van der Waals surface area contributed by atoms with Crippen LogP contribution in [-0.4, -0.2) is 21.3 Å². The van der Waals surface area contributed by atoms with E-state index in [1.54, 1.807) is 6.20 Å². The maximum atomic E-state index is 5.90. The minimum atomic E-state index is 0.0816. The summed E-state index contributed by atoms with van der Waals surface area (Å²) in [5.74, 6) is 1.78. The first-order valence-corrected chi connectivity index (χ1v) is 8.68. The van der Waals surface area contributed by atoms with Crippen molar-refractivity contribution < 1.29 is 4.74 Å². The maximum Gasteiger partial charge on any atom is 0.244 e. The number of nitrogens with zero attached hydrogens (tertiary/aromatic N) is 3. The molecule has 0 spiro atoms. The normalized spacial score (nSPS) is 10.6. The third-order valence-electron chi connectivity index (χ3n) is 3.44. The minimum absolute atomic E-state index is 0.0816. The number of ether oxygens (including phenoxy) is 1. The number of anilines is 3. The van der Waals surface area contributed by atoms with Gasteiger partial charge >= 0.3 is 0 Å². The van der Waals surface area contributed by atoms with Crippen LogP contribution in [0.5, 0.6) is 5.75 Å². The van der Waals surface area contributed by atoms with E-state index in [1.165, 1.54) is 0 Å². The molecule has 2 N–H and O–H groups in total. The number of benzene rings is 2. The van der Waals surface area contributed by atoms with Gasteiger partial charge in [0.1, 0.15) is 5.75 Å². The van der Waals surface area contributed by atoms with E-state index in [-0.39, 0.29) is 6.10 Å². The Bertz CT molecular complexity index is 855. The van der Waals surface area contributed by atoms with Gasteiger partial charge in [0.05, 0.1) is 18.0 Å². The Kier molecular flexibility index (Phi) is 5.86. The molecule has 0 aliphatic rings. The molecule has 7 heteroatoms. The van der Waals surface area contributed by atoms with E-state index in [9.17, 15) is 0 Å². The van der Waals surface area contributed by atoms with Gasteiger partial charge in [-0.2, -0.15) is 10.1 Å². The summed E-state index contributed by atoms with van der Waals surface area (Å²) in [6, 6.07) is 15.3. The zero-order valence-electron chi connectivity index (χ0n) is 14.6. The predicted molar refractivity (Wildman–Crippen MR) is 104 cm³/mol. The van der Waals surface area contributed by atoms with Gasteiger partial charge in [0, 0.05) is 11.6 Å². The van der Waals surface area contributed by atoms with Crippen molar-refractivity contribution in [1.29, 1.82) is 0 Å². The molecule has 0 saturated carbocycles. The second-order valence-corrected chi connectivity index (χ2v) is 6.37. The molecule has 0 unspecified atom stereocenters. The second-order valence-electron chi connectivity index (χ2n) is 5.93. The Morgan fingerprint density at radius 1 is 1.08 bits per heavy atom. The summed E-state index contributed by atoms with van der Waals surface area (Å²) in [5, 5.41) is 15.1. The lowest BCUT2D eigenvalue weighted by molar-refractivity contribution is 0.244. The third-order valence-corrected chi connectivity index (χ3v) is 3.69. The van der Waals surface area contributed by atoms with Gasteiger partial charge in [-0.25, -0.2) is 0 Å². The van der Waals surface area contributed by atoms with Gasteiger partial charge in [-0.15, -0.1) is 5.10 Å². The average molecular weight is 370 g/mol. The quantitative estimate of drug-likeness (QED) is 0.630. The van der Waals surface area contributed by atoms with E-state index in [2.05, 4.69) is 25.8 Å². The lowest BCUT2D eigenvalue weighted by atomic mass is 10.2. The molecule has 0 saturated heterocycles. The summed E-state index contributed by atoms with van der Waals surface area (Å²) in [7, 11) is 0. The van der Waals surface area contributed by atoms with Crippen LogP contribution in [0.1, 0.15) is 19.4 Å². The topological polar surface area (TPSA) is 72.0 Å². The predicted octanol–water partition coefficient (Wildman–Crippen LogP) is 4.67. The van der Waals surface area contributed by atoms with Crippen molar-refractivity contribution in [3.8, 4) is 5.75 Å². The van der Waals surface area contributed by atoms with Crippen molar-refractivity contribution in [2.75, 3.05) is 10.6 Å². The fourth-order valence-corrected chi connectivity index (χ4v) is 2.41. The number of aromatic nitrogens is 3. The molecule has 1 heterocycles. The van der Waals surface area contributed by atoms with E-state index < -0.39 is 0 Å². The van der Waals surface area contributed by atoms with E-state index in [0.29, 0.717) is 23.3 Å². The largest absolute Gasteiger partial charge is 0.489 e. The van der Waals surface area contributed by atoms with Gasteiger partial charge in [-0.05, 0) is 43.7 Å². The van der Waals surface area contributed by atoms with Crippen LogP contribution in [0.25, 0.3) is 0 Å². The van der Waals surface area contributed by atoms with Crippen LogP contribution in [0.3, 0.4) is 0 Å². The highest BCUT2D eigenvalue weighted by molar-refractivity contribution is 6.30. The van der Waals surface area contributed by atoms with Crippen LogP contribution < -0.4 is 15.4 Å². The summed E-state index contributed by atoms with van der Waals surface area (Å²) in [6.07, 6.45) is 1.65. The van der Waals surface area contributed by atoms with Crippen molar-refractivity contribution >= 4 is 29.1 Å². The molecule has 3 aromatic rings. The minimum Gasteiger partial charge on any atom is -0.489 e. The molecular weight excluding hydrogens is 350 g/mol. The number of hydrogen-bond donors (Lipinski definition) is 2. The van der Waals surface area contributed by atoms with Crippen molar-refractivity contribution in [3.05, 3.63) is 65.3 Å². The molecule has 0 amide bonds. The van der Waals surface area contributed by atoms with Gasteiger partial charge in [-0.1, -0.05) is 35.9 Å². The molecule has 6 nitrogen and oxygen atoms in total. The van der Waals surface area contributed by atoms with Gasteiger partial charge in [0.15, 0.2) is 5.82 Å². The summed E-state index contributed by atoms with van der Waals surface area (Å²) >= 11 is 5.90. The highest BCUT2D eigenvalue weighted by Crippen LogP contribution is 2.27. The molecule has 0 aliphatic heterocycles. The number of hydrogen-bond acceptors (Lipinski definition) is 6. The first-order chi connectivity index (χ1) is 12.6. The zero-order valence-corrected chi connectivity index (χ0v) is 15.4. The van der Waals surface area contributed by atoms with E-state index in [4.69, 9.17) is 16.3 Å². The maximum absolute atomic E-state index is 5.90. The van der Waals surface area contributed by atoms with Crippen LogP contribution in [0.2, 0.25) is 5.02 Å². The molecule has 0 atom stereocenters. The number of halogens is 1. The Morgan fingerprint density at radius 2 is 1.85 bits per heavy atom. The molecule has 134 valence electrons.